The number of aromatic nitrogens is 1. The number of hydrogen-bond donors (Lipinski definition) is 0. The Morgan fingerprint density at radius 1 is 1.39 bits per heavy atom. The molecule has 0 saturated heterocycles. The number of ether oxygens (including phenoxy) is 1. The second kappa shape index (κ2) is 5.47. The largest absolute Gasteiger partial charge is 0.490 e. The highest BCUT2D eigenvalue weighted by atomic mass is 16.5. The monoisotopic (exact) mass is 244 g/mol. The Kier molecular flexibility index (Phi) is 3.75. The van der Waals surface area contributed by atoms with E-state index in [9.17, 15) is 0 Å². The first-order valence-electron chi connectivity index (χ1n) is 5.97. The third kappa shape index (κ3) is 2.57. The minimum Gasteiger partial charge on any atom is -0.490 e. The molecule has 0 fully saturated rings. The maximum absolute atomic E-state index is 8.28. The molecule has 2 rings (SSSR count). The topological polar surface area (TPSA) is 62.9 Å². The highest BCUT2D eigenvalue weighted by molar-refractivity contribution is 5.86. The molecule has 1 aromatic carbocycles. The minimum atomic E-state index is 0.155. The molecule has 1 aromatic heterocycles. The van der Waals surface area contributed by atoms with E-state index >= 15 is 0 Å². The summed E-state index contributed by atoms with van der Waals surface area (Å²) in [5.74, 6) is 0.894. The van der Waals surface area contributed by atoms with Crippen molar-refractivity contribution in [2.24, 2.45) is 5.11 Å². The Bertz CT molecular complexity index is 582. The summed E-state index contributed by atoms with van der Waals surface area (Å²) in [6, 6.07) is 8.02. The van der Waals surface area contributed by atoms with E-state index in [0.29, 0.717) is 13.1 Å². The third-order valence-electron chi connectivity index (χ3n) is 2.64. The van der Waals surface area contributed by atoms with Crippen LogP contribution in [0.4, 0.5) is 0 Å². The van der Waals surface area contributed by atoms with Gasteiger partial charge >= 0.3 is 0 Å². The van der Waals surface area contributed by atoms with Crippen molar-refractivity contribution in [3.05, 3.63) is 40.9 Å². The number of azide groups is 1. The summed E-state index contributed by atoms with van der Waals surface area (Å²) in [6.45, 7) is 5.16. The molecule has 0 saturated carbocycles. The summed E-state index contributed by atoms with van der Waals surface area (Å²) < 4.78 is 7.84. The highest BCUT2D eigenvalue weighted by Crippen LogP contribution is 2.27. The summed E-state index contributed by atoms with van der Waals surface area (Å²) in [5.41, 5.74) is 9.38. The molecule has 18 heavy (non-hydrogen) atoms. The van der Waals surface area contributed by atoms with Crippen LogP contribution in [0.1, 0.15) is 13.8 Å². The number of nitrogens with zero attached hydrogens (tertiary/aromatic N) is 4. The van der Waals surface area contributed by atoms with E-state index in [1.807, 2.05) is 44.3 Å². The molecule has 0 aliphatic carbocycles. The van der Waals surface area contributed by atoms with Gasteiger partial charge in [0.1, 0.15) is 5.75 Å². The molecule has 1 heterocycles. The van der Waals surface area contributed by atoms with Crippen LogP contribution in [0.5, 0.6) is 5.75 Å². The average molecular weight is 244 g/mol. The molecule has 2 aromatic rings. The van der Waals surface area contributed by atoms with Gasteiger partial charge in [-0.1, -0.05) is 11.2 Å². The predicted octanol–water partition coefficient (Wildman–Crippen LogP) is 3.74. The molecule has 0 radical (unpaired) electrons. The Morgan fingerprint density at radius 2 is 2.22 bits per heavy atom. The highest BCUT2D eigenvalue weighted by Gasteiger charge is 2.07. The van der Waals surface area contributed by atoms with Crippen LogP contribution >= 0.6 is 0 Å². The van der Waals surface area contributed by atoms with Crippen molar-refractivity contribution in [2.45, 2.75) is 26.5 Å². The second-order valence-corrected chi connectivity index (χ2v) is 4.32. The van der Waals surface area contributed by atoms with Crippen LogP contribution in [0.2, 0.25) is 0 Å². The van der Waals surface area contributed by atoms with E-state index in [-0.39, 0.29) is 6.10 Å². The molecular weight excluding hydrogens is 228 g/mol. The van der Waals surface area contributed by atoms with Gasteiger partial charge in [0.2, 0.25) is 0 Å². The molecule has 0 N–H and O–H groups in total. The number of rotatable bonds is 5. The summed E-state index contributed by atoms with van der Waals surface area (Å²) in [6.07, 6.45) is 2.15. The smallest absolute Gasteiger partial charge is 0.129 e. The summed E-state index contributed by atoms with van der Waals surface area (Å²) >= 11 is 0. The van der Waals surface area contributed by atoms with Gasteiger partial charge in [0.15, 0.2) is 0 Å². The van der Waals surface area contributed by atoms with Gasteiger partial charge in [0.05, 0.1) is 11.6 Å². The second-order valence-electron chi connectivity index (χ2n) is 4.32. The summed E-state index contributed by atoms with van der Waals surface area (Å²) in [7, 11) is 0. The zero-order chi connectivity index (χ0) is 13.0. The van der Waals surface area contributed by atoms with Crippen molar-refractivity contribution in [3.8, 4) is 5.75 Å². The lowest BCUT2D eigenvalue weighted by atomic mass is 10.2. The standard InChI is InChI=1S/C13H16N4O/c1-10(2)18-13-5-3-4-12-11(13)6-8-17(12)9-7-15-16-14/h3-6,8,10H,7,9H2,1-2H3. The van der Waals surface area contributed by atoms with Gasteiger partial charge < -0.3 is 9.30 Å². The Balaban J connectivity index is 2.32. The lowest BCUT2D eigenvalue weighted by Gasteiger charge is -2.11. The molecule has 5 nitrogen and oxygen atoms in total. The van der Waals surface area contributed by atoms with E-state index in [4.69, 9.17) is 10.3 Å². The number of hydrogen-bond acceptors (Lipinski definition) is 2. The minimum absolute atomic E-state index is 0.155. The molecule has 0 aliphatic heterocycles. The lowest BCUT2D eigenvalue weighted by molar-refractivity contribution is 0.245. The fourth-order valence-corrected chi connectivity index (χ4v) is 1.94. The van der Waals surface area contributed by atoms with Crippen molar-refractivity contribution in [1.82, 2.24) is 4.57 Å². The Morgan fingerprint density at radius 3 is 2.94 bits per heavy atom. The van der Waals surface area contributed by atoms with Crippen LogP contribution in [-0.2, 0) is 6.54 Å². The third-order valence-corrected chi connectivity index (χ3v) is 2.64. The summed E-state index contributed by atoms with van der Waals surface area (Å²) in [5, 5.41) is 4.64. The van der Waals surface area contributed by atoms with Crippen molar-refractivity contribution in [3.63, 3.8) is 0 Å². The molecular formula is C13H16N4O. The Hall–Kier alpha value is -2.13. The maximum atomic E-state index is 8.28. The summed E-state index contributed by atoms with van der Waals surface area (Å²) in [4.78, 5) is 2.76. The first-order chi connectivity index (χ1) is 8.72. The van der Waals surface area contributed by atoms with Crippen LogP contribution < -0.4 is 4.74 Å². The van der Waals surface area contributed by atoms with Gasteiger partial charge in [-0.05, 0) is 37.6 Å². The molecule has 0 atom stereocenters. The maximum Gasteiger partial charge on any atom is 0.129 e. The molecule has 0 spiro atoms. The van der Waals surface area contributed by atoms with Gasteiger partial charge in [-0.25, -0.2) is 0 Å². The quantitative estimate of drug-likeness (QED) is 0.449. The van der Waals surface area contributed by atoms with Gasteiger partial charge in [-0.2, -0.15) is 0 Å². The van der Waals surface area contributed by atoms with E-state index in [0.717, 1.165) is 16.7 Å². The van der Waals surface area contributed by atoms with Crippen LogP contribution in [0.25, 0.3) is 21.3 Å². The van der Waals surface area contributed by atoms with Crippen LogP contribution in [0.3, 0.4) is 0 Å². The van der Waals surface area contributed by atoms with Gasteiger partial charge in [0, 0.05) is 29.6 Å². The average Bonchev–Trinajstić information content (AvgIpc) is 2.74. The Labute approximate surface area is 106 Å². The molecule has 0 amide bonds. The van der Waals surface area contributed by atoms with E-state index in [1.165, 1.54) is 0 Å². The van der Waals surface area contributed by atoms with Gasteiger partial charge in [0.25, 0.3) is 0 Å². The number of fused-ring (bicyclic) bond motifs is 1. The van der Waals surface area contributed by atoms with E-state index in [2.05, 4.69) is 14.6 Å². The fraction of sp³-hybridized carbons (Fsp3) is 0.385. The zero-order valence-electron chi connectivity index (χ0n) is 10.6. The van der Waals surface area contributed by atoms with E-state index < -0.39 is 0 Å². The van der Waals surface area contributed by atoms with Crippen molar-refractivity contribution < 1.29 is 4.74 Å². The van der Waals surface area contributed by atoms with Gasteiger partial charge in [-0.15, -0.1) is 0 Å². The molecule has 0 bridgehead atoms. The van der Waals surface area contributed by atoms with Crippen LogP contribution in [0, 0.1) is 0 Å². The van der Waals surface area contributed by atoms with Crippen molar-refractivity contribution in [1.29, 1.82) is 0 Å². The van der Waals surface area contributed by atoms with Crippen molar-refractivity contribution >= 4 is 10.9 Å². The predicted molar refractivity (Wildman–Crippen MR) is 71.7 cm³/mol. The van der Waals surface area contributed by atoms with Gasteiger partial charge in [-0.3, -0.25) is 0 Å². The van der Waals surface area contributed by atoms with E-state index in [1.54, 1.807) is 0 Å². The normalized spacial score (nSPS) is 10.6. The molecule has 0 aliphatic rings. The first-order valence-corrected chi connectivity index (χ1v) is 5.97. The van der Waals surface area contributed by atoms with Crippen molar-refractivity contribution in [2.75, 3.05) is 6.54 Å². The first kappa shape index (κ1) is 12.3. The van der Waals surface area contributed by atoms with Crippen LogP contribution in [-0.4, -0.2) is 17.2 Å². The molecule has 5 heteroatoms. The SMILES string of the molecule is CC(C)Oc1cccc2c1ccn2CCN=[N+]=[N-]. The fourth-order valence-electron chi connectivity index (χ4n) is 1.94. The molecule has 94 valence electrons. The number of benzene rings is 1. The zero-order valence-corrected chi connectivity index (χ0v) is 10.6. The lowest BCUT2D eigenvalue weighted by Crippen LogP contribution is -2.05. The molecule has 0 unspecified atom stereocenters. The van der Waals surface area contributed by atoms with Crippen LogP contribution in [0.15, 0.2) is 35.6 Å².